The first-order chi connectivity index (χ1) is 13.0. The minimum atomic E-state index is -5.09. The lowest BCUT2D eigenvalue weighted by Crippen LogP contribution is -2.43. The molecule has 0 spiro atoms. The molecular formula is C17H14ClF4NO4S. The Balaban J connectivity index is 2.76. The van der Waals surface area contributed by atoms with Crippen LogP contribution in [0.25, 0.3) is 0 Å². The van der Waals surface area contributed by atoms with Crippen molar-refractivity contribution in [1.29, 1.82) is 0 Å². The average Bonchev–Trinajstić information content (AvgIpc) is 2.65. The molecule has 0 unspecified atom stereocenters. The Morgan fingerprint density at radius 1 is 1.07 bits per heavy atom. The summed E-state index contributed by atoms with van der Waals surface area (Å²) >= 11 is 5.22. The molecule has 0 bridgehead atoms. The number of hydrogen-bond acceptors (Lipinski definition) is 4. The van der Waals surface area contributed by atoms with Gasteiger partial charge in [0, 0.05) is 19.0 Å². The van der Waals surface area contributed by atoms with Crippen molar-refractivity contribution in [3.63, 3.8) is 0 Å². The number of rotatable bonds is 7. The van der Waals surface area contributed by atoms with E-state index in [2.05, 4.69) is 0 Å². The van der Waals surface area contributed by atoms with Crippen LogP contribution in [-0.4, -0.2) is 42.8 Å². The first-order valence-electron chi connectivity index (χ1n) is 7.71. The Morgan fingerprint density at radius 2 is 1.61 bits per heavy atom. The van der Waals surface area contributed by atoms with Gasteiger partial charge in [-0.2, -0.15) is 4.31 Å². The molecule has 2 aromatic rings. The standard InChI is InChI=1S/C17H14ClF4NO4S/c1-23(11(8-24)17(18)25)28(26,27)16-10(7-9-5-3-2-4-6-9)12(19)13(20)14(21)15(16)22/h2-6,11,24H,7-8H2,1H3/t11-/m0/s1. The monoisotopic (exact) mass is 439 g/mol. The van der Waals surface area contributed by atoms with E-state index < -0.39 is 68.1 Å². The van der Waals surface area contributed by atoms with Crippen LogP contribution in [0.1, 0.15) is 11.1 Å². The topological polar surface area (TPSA) is 74.7 Å². The molecule has 0 aromatic heterocycles. The van der Waals surface area contributed by atoms with Gasteiger partial charge < -0.3 is 5.11 Å². The van der Waals surface area contributed by atoms with Gasteiger partial charge in [0.15, 0.2) is 23.3 Å². The molecule has 1 atom stereocenters. The van der Waals surface area contributed by atoms with Crippen LogP contribution in [-0.2, 0) is 21.2 Å². The minimum Gasteiger partial charge on any atom is -0.394 e. The number of aliphatic hydroxyl groups is 1. The number of halogens is 5. The van der Waals surface area contributed by atoms with Gasteiger partial charge in [-0.05, 0) is 17.2 Å². The molecule has 0 aliphatic heterocycles. The summed E-state index contributed by atoms with van der Waals surface area (Å²) in [6.45, 7) is -1.07. The van der Waals surface area contributed by atoms with Crippen molar-refractivity contribution in [3.05, 3.63) is 64.7 Å². The third-order valence-electron chi connectivity index (χ3n) is 4.05. The van der Waals surface area contributed by atoms with E-state index in [1.807, 2.05) is 0 Å². The summed E-state index contributed by atoms with van der Waals surface area (Å²) < 4.78 is 82.2. The van der Waals surface area contributed by atoms with Gasteiger partial charge in [-0.1, -0.05) is 30.3 Å². The maximum absolute atomic E-state index is 14.5. The molecule has 0 saturated heterocycles. The lowest BCUT2D eigenvalue weighted by molar-refractivity contribution is -0.115. The number of benzene rings is 2. The van der Waals surface area contributed by atoms with E-state index in [0.717, 1.165) is 7.05 Å². The van der Waals surface area contributed by atoms with Gasteiger partial charge in [0.2, 0.25) is 15.3 Å². The lowest BCUT2D eigenvalue weighted by Gasteiger charge is -2.25. The molecule has 0 fully saturated rings. The van der Waals surface area contributed by atoms with Crippen LogP contribution in [0.3, 0.4) is 0 Å². The Bertz CT molecular complexity index is 1000. The lowest BCUT2D eigenvalue weighted by atomic mass is 10.0. The van der Waals surface area contributed by atoms with Crippen LogP contribution in [0.4, 0.5) is 17.6 Å². The fourth-order valence-electron chi connectivity index (χ4n) is 2.52. The molecule has 1 N–H and O–H groups in total. The normalized spacial score (nSPS) is 13.0. The quantitative estimate of drug-likeness (QED) is 0.311. The van der Waals surface area contributed by atoms with Crippen molar-refractivity contribution in [3.8, 4) is 0 Å². The van der Waals surface area contributed by atoms with Crippen molar-refractivity contribution in [2.24, 2.45) is 0 Å². The number of nitrogens with zero attached hydrogens (tertiary/aromatic N) is 1. The van der Waals surface area contributed by atoms with Crippen LogP contribution in [0, 0.1) is 23.3 Å². The average molecular weight is 440 g/mol. The van der Waals surface area contributed by atoms with Gasteiger partial charge in [-0.25, -0.2) is 26.0 Å². The van der Waals surface area contributed by atoms with E-state index in [1.165, 1.54) is 24.3 Å². The van der Waals surface area contributed by atoms with Crippen molar-refractivity contribution in [2.45, 2.75) is 17.4 Å². The van der Waals surface area contributed by atoms with E-state index in [1.54, 1.807) is 6.07 Å². The highest BCUT2D eigenvalue weighted by molar-refractivity contribution is 7.89. The summed E-state index contributed by atoms with van der Waals surface area (Å²) in [5, 5.41) is 7.89. The molecule has 5 nitrogen and oxygen atoms in total. The van der Waals surface area contributed by atoms with Crippen molar-refractivity contribution in [2.75, 3.05) is 13.7 Å². The molecule has 2 aromatic carbocycles. The molecule has 0 radical (unpaired) electrons. The molecule has 28 heavy (non-hydrogen) atoms. The molecule has 0 saturated carbocycles. The second-order valence-corrected chi connectivity index (χ2v) is 8.06. The van der Waals surface area contributed by atoms with Crippen molar-refractivity contribution < 1.29 is 35.9 Å². The zero-order valence-corrected chi connectivity index (χ0v) is 15.9. The Kier molecular flexibility index (Phi) is 6.81. The first-order valence-corrected chi connectivity index (χ1v) is 9.52. The summed E-state index contributed by atoms with van der Waals surface area (Å²) in [4.78, 5) is 9.86. The van der Waals surface area contributed by atoms with E-state index in [9.17, 15) is 35.9 Å². The highest BCUT2D eigenvalue weighted by Gasteiger charge is 2.39. The summed E-state index contributed by atoms with van der Waals surface area (Å²) in [6.07, 6.45) is -0.582. The second-order valence-electron chi connectivity index (χ2n) is 5.75. The summed E-state index contributed by atoms with van der Waals surface area (Å²) in [5.74, 6) is -8.51. The van der Waals surface area contributed by atoms with Crippen molar-refractivity contribution in [1.82, 2.24) is 4.31 Å². The van der Waals surface area contributed by atoms with Gasteiger partial charge >= 0.3 is 0 Å². The van der Waals surface area contributed by atoms with E-state index >= 15 is 0 Å². The number of aliphatic hydroxyl groups excluding tert-OH is 1. The van der Waals surface area contributed by atoms with Gasteiger partial charge in [0.05, 0.1) is 6.61 Å². The molecular weight excluding hydrogens is 426 g/mol. The van der Waals surface area contributed by atoms with Crippen LogP contribution < -0.4 is 0 Å². The third-order valence-corrected chi connectivity index (χ3v) is 6.26. The van der Waals surface area contributed by atoms with E-state index in [4.69, 9.17) is 11.6 Å². The predicted molar refractivity (Wildman–Crippen MR) is 92.2 cm³/mol. The number of sulfonamides is 1. The summed E-state index contributed by atoms with van der Waals surface area (Å²) in [7, 11) is -4.33. The highest BCUT2D eigenvalue weighted by atomic mass is 35.5. The maximum Gasteiger partial charge on any atom is 0.247 e. The third kappa shape index (κ3) is 4.04. The molecule has 11 heteroatoms. The Morgan fingerprint density at radius 3 is 2.11 bits per heavy atom. The number of hydrogen-bond donors (Lipinski definition) is 1. The molecule has 2 rings (SSSR count). The van der Waals surface area contributed by atoms with Crippen molar-refractivity contribution >= 4 is 26.9 Å². The molecule has 0 amide bonds. The second kappa shape index (κ2) is 8.56. The fourth-order valence-corrected chi connectivity index (χ4v) is 4.37. The van der Waals surface area contributed by atoms with Crippen LogP contribution in [0.15, 0.2) is 35.2 Å². The fraction of sp³-hybridized carbons (Fsp3) is 0.235. The highest BCUT2D eigenvalue weighted by Crippen LogP contribution is 2.32. The van der Waals surface area contributed by atoms with Crippen LogP contribution in [0.5, 0.6) is 0 Å². The Labute approximate surface area is 163 Å². The van der Waals surface area contributed by atoms with E-state index in [0.29, 0.717) is 0 Å². The molecule has 152 valence electrons. The van der Waals surface area contributed by atoms with Crippen LogP contribution in [0.2, 0.25) is 0 Å². The smallest absolute Gasteiger partial charge is 0.247 e. The van der Waals surface area contributed by atoms with E-state index in [-0.39, 0.29) is 9.87 Å². The number of carbonyl (C=O) groups excluding carboxylic acids is 1. The SMILES string of the molecule is CN([C@@H](CO)C(=O)Cl)S(=O)(=O)c1c(F)c(F)c(F)c(F)c1Cc1ccccc1. The Hall–Kier alpha value is -2.01. The van der Waals surface area contributed by atoms with Crippen LogP contribution >= 0.6 is 11.6 Å². The van der Waals surface area contributed by atoms with Gasteiger partial charge in [-0.3, -0.25) is 4.79 Å². The summed E-state index contributed by atoms with van der Waals surface area (Å²) in [5.41, 5.74) is -0.675. The molecule has 0 heterocycles. The maximum atomic E-state index is 14.5. The minimum absolute atomic E-state index is 0.173. The number of carbonyl (C=O) groups is 1. The predicted octanol–water partition coefficient (Wildman–Crippen LogP) is 2.58. The van der Waals surface area contributed by atoms with Gasteiger partial charge in [-0.15, -0.1) is 0 Å². The zero-order valence-electron chi connectivity index (χ0n) is 14.3. The molecule has 0 aliphatic rings. The molecule has 0 aliphatic carbocycles. The number of likely N-dealkylation sites (N-methyl/N-ethyl adjacent to an activating group) is 1. The van der Waals surface area contributed by atoms with Gasteiger partial charge in [0.1, 0.15) is 10.9 Å². The largest absolute Gasteiger partial charge is 0.394 e. The summed E-state index contributed by atoms with van der Waals surface area (Å²) in [6, 6.07) is 5.70. The van der Waals surface area contributed by atoms with Gasteiger partial charge in [0.25, 0.3) is 0 Å². The zero-order chi connectivity index (χ0) is 21.2. The first kappa shape index (κ1) is 22.3.